The molecule has 1 aliphatic rings. The molecule has 3 heteroatoms. The van der Waals surface area contributed by atoms with Crippen molar-refractivity contribution < 1.29 is 4.79 Å². The van der Waals surface area contributed by atoms with E-state index in [9.17, 15) is 4.79 Å². The Morgan fingerprint density at radius 2 is 2.08 bits per heavy atom. The Labute approximate surface area is 80.7 Å². The molecular weight excluding hydrogens is 164 g/mol. The zero-order valence-electron chi connectivity index (χ0n) is 8.92. The van der Waals surface area contributed by atoms with Gasteiger partial charge in [0.2, 0.25) is 0 Å². The fourth-order valence-corrected chi connectivity index (χ4v) is 1.71. The van der Waals surface area contributed by atoms with Gasteiger partial charge >= 0.3 is 6.03 Å². The van der Waals surface area contributed by atoms with Crippen molar-refractivity contribution in [1.29, 1.82) is 0 Å². The lowest BCUT2D eigenvalue weighted by atomic mass is 10.2. The summed E-state index contributed by atoms with van der Waals surface area (Å²) in [6.45, 7) is 9.09. The first kappa shape index (κ1) is 10.4. The van der Waals surface area contributed by atoms with Crippen LogP contribution in [0.5, 0.6) is 0 Å². The highest BCUT2D eigenvalue weighted by Crippen LogP contribution is 2.14. The molecule has 1 heterocycles. The van der Waals surface area contributed by atoms with Crippen molar-refractivity contribution in [2.24, 2.45) is 0 Å². The smallest absolute Gasteiger partial charge is 0.320 e. The van der Waals surface area contributed by atoms with Gasteiger partial charge in [-0.3, -0.25) is 0 Å². The lowest BCUT2D eigenvalue weighted by molar-refractivity contribution is 0.179. The minimum atomic E-state index is 0.233. The molecule has 0 spiro atoms. The number of urea groups is 1. The van der Waals surface area contributed by atoms with E-state index < -0.39 is 0 Å². The molecule has 0 N–H and O–H groups in total. The molecule has 0 unspecified atom stereocenters. The Morgan fingerprint density at radius 3 is 2.62 bits per heavy atom. The minimum Gasteiger partial charge on any atom is -0.323 e. The highest BCUT2D eigenvalue weighted by atomic mass is 16.2. The van der Waals surface area contributed by atoms with E-state index in [2.05, 4.69) is 20.8 Å². The van der Waals surface area contributed by atoms with E-state index in [-0.39, 0.29) is 6.03 Å². The third-order valence-corrected chi connectivity index (χ3v) is 2.74. The van der Waals surface area contributed by atoms with Crippen LogP contribution < -0.4 is 0 Å². The lowest BCUT2D eigenvalue weighted by Gasteiger charge is -2.23. The van der Waals surface area contributed by atoms with Gasteiger partial charge in [-0.1, -0.05) is 13.8 Å². The first-order chi connectivity index (χ1) is 6.20. The van der Waals surface area contributed by atoms with Gasteiger partial charge in [-0.15, -0.1) is 0 Å². The summed E-state index contributed by atoms with van der Waals surface area (Å²) in [5.41, 5.74) is 0. The van der Waals surface area contributed by atoms with Gasteiger partial charge < -0.3 is 9.80 Å². The molecule has 76 valence electrons. The normalized spacial score (nSPS) is 19.8. The molecule has 0 bridgehead atoms. The Kier molecular flexibility index (Phi) is 3.58. The molecule has 1 fully saturated rings. The second-order valence-electron chi connectivity index (χ2n) is 3.72. The maximum absolute atomic E-state index is 11.7. The second-order valence-corrected chi connectivity index (χ2v) is 3.72. The number of nitrogens with zero attached hydrogens (tertiary/aromatic N) is 2. The molecule has 0 radical (unpaired) electrons. The van der Waals surface area contributed by atoms with Gasteiger partial charge in [0.1, 0.15) is 0 Å². The maximum atomic E-state index is 11.7. The number of rotatable bonds is 4. The number of amides is 2. The average molecular weight is 184 g/mol. The van der Waals surface area contributed by atoms with Gasteiger partial charge in [0, 0.05) is 25.7 Å². The third kappa shape index (κ3) is 2.14. The first-order valence-electron chi connectivity index (χ1n) is 5.26. The Morgan fingerprint density at radius 1 is 1.38 bits per heavy atom. The molecule has 2 amide bonds. The summed E-state index contributed by atoms with van der Waals surface area (Å²) in [6, 6.07) is 0.630. The standard InChI is InChI=1S/C10H20N2O/c1-4-6-11-7-8-12(10(11)13)9(3)5-2/h9H,4-8H2,1-3H3/t9-/m1/s1. The van der Waals surface area contributed by atoms with Crippen LogP contribution in [-0.4, -0.2) is 41.5 Å². The van der Waals surface area contributed by atoms with Crippen molar-refractivity contribution in [2.75, 3.05) is 19.6 Å². The summed E-state index contributed by atoms with van der Waals surface area (Å²) >= 11 is 0. The molecule has 1 rings (SSSR count). The summed E-state index contributed by atoms with van der Waals surface area (Å²) in [5, 5.41) is 0. The molecule has 1 aliphatic heterocycles. The molecule has 0 aromatic carbocycles. The zero-order valence-corrected chi connectivity index (χ0v) is 8.92. The minimum absolute atomic E-state index is 0.233. The van der Waals surface area contributed by atoms with Gasteiger partial charge in [0.25, 0.3) is 0 Å². The van der Waals surface area contributed by atoms with Crippen molar-refractivity contribution in [3.63, 3.8) is 0 Å². The van der Waals surface area contributed by atoms with Crippen molar-refractivity contribution in [3.05, 3.63) is 0 Å². The quantitative estimate of drug-likeness (QED) is 0.655. The first-order valence-corrected chi connectivity index (χ1v) is 5.26. The van der Waals surface area contributed by atoms with Crippen LogP contribution in [0.25, 0.3) is 0 Å². The molecule has 1 atom stereocenters. The largest absolute Gasteiger partial charge is 0.323 e. The number of hydrogen-bond acceptors (Lipinski definition) is 1. The second kappa shape index (κ2) is 4.49. The predicted octanol–water partition coefficient (Wildman–Crippen LogP) is 1.93. The van der Waals surface area contributed by atoms with Crippen LogP contribution in [0.2, 0.25) is 0 Å². The SMILES string of the molecule is CCCN1CCN([C@H](C)CC)C1=O. The van der Waals surface area contributed by atoms with E-state index in [1.165, 1.54) is 0 Å². The summed E-state index contributed by atoms with van der Waals surface area (Å²) in [4.78, 5) is 15.7. The van der Waals surface area contributed by atoms with Gasteiger partial charge in [0.15, 0.2) is 0 Å². The highest BCUT2D eigenvalue weighted by Gasteiger charge is 2.29. The van der Waals surface area contributed by atoms with E-state index >= 15 is 0 Å². The Hall–Kier alpha value is -0.730. The molecule has 13 heavy (non-hydrogen) atoms. The van der Waals surface area contributed by atoms with Crippen molar-refractivity contribution in [1.82, 2.24) is 9.80 Å². The topological polar surface area (TPSA) is 23.6 Å². The highest BCUT2D eigenvalue weighted by molar-refractivity contribution is 5.76. The zero-order chi connectivity index (χ0) is 9.84. The summed E-state index contributed by atoms with van der Waals surface area (Å²) in [7, 11) is 0. The predicted molar refractivity (Wildman–Crippen MR) is 53.7 cm³/mol. The molecule has 0 saturated carbocycles. The third-order valence-electron chi connectivity index (χ3n) is 2.74. The average Bonchev–Trinajstić information content (AvgIpc) is 2.48. The van der Waals surface area contributed by atoms with Crippen LogP contribution in [0.15, 0.2) is 0 Å². The molecule has 3 nitrogen and oxygen atoms in total. The summed E-state index contributed by atoms with van der Waals surface area (Å²) < 4.78 is 0. The molecule has 1 saturated heterocycles. The summed E-state index contributed by atoms with van der Waals surface area (Å²) in [5.74, 6) is 0. The van der Waals surface area contributed by atoms with Gasteiger partial charge in [-0.2, -0.15) is 0 Å². The summed E-state index contributed by atoms with van der Waals surface area (Å²) in [6.07, 6.45) is 2.10. The molecule has 0 aromatic heterocycles. The van der Waals surface area contributed by atoms with Crippen molar-refractivity contribution >= 4 is 6.03 Å². The lowest BCUT2D eigenvalue weighted by Crippen LogP contribution is -2.37. The van der Waals surface area contributed by atoms with Crippen LogP contribution in [0.3, 0.4) is 0 Å². The Bertz CT molecular complexity index is 182. The van der Waals surface area contributed by atoms with E-state index in [1.54, 1.807) is 0 Å². The molecule has 0 aliphatic carbocycles. The van der Waals surface area contributed by atoms with E-state index in [0.717, 1.165) is 32.5 Å². The van der Waals surface area contributed by atoms with E-state index in [4.69, 9.17) is 0 Å². The van der Waals surface area contributed by atoms with Gasteiger partial charge in [-0.25, -0.2) is 4.79 Å². The van der Waals surface area contributed by atoms with Crippen LogP contribution in [0, 0.1) is 0 Å². The van der Waals surface area contributed by atoms with Crippen LogP contribution >= 0.6 is 0 Å². The number of carbonyl (C=O) groups is 1. The fraction of sp³-hybridized carbons (Fsp3) is 0.900. The Balaban J connectivity index is 2.49. The van der Waals surface area contributed by atoms with E-state index in [1.807, 2.05) is 9.80 Å². The van der Waals surface area contributed by atoms with Crippen LogP contribution in [0.4, 0.5) is 4.79 Å². The van der Waals surface area contributed by atoms with Crippen LogP contribution in [0.1, 0.15) is 33.6 Å². The van der Waals surface area contributed by atoms with Gasteiger partial charge in [-0.05, 0) is 19.8 Å². The maximum Gasteiger partial charge on any atom is 0.320 e. The fourth-order valence-electron chi connectivity index (χ4n) is 1.71. The van der Waals surface area contributed by atoms with E-state index in [0.29, 0.717) is 6.04 Å². The number of carbonyl (C=O) groups excluding carboxylic acids is 1. The monoisotopic (exact) mass is 184 g/mol. The molecular formula is C10H20N2O. The van der Waals surface area contributed by atoms with Gasteiger partial charge in [0.05, 0.1) is 0 Å². The van der Waals surface area contributed by atoms with Crippen LogP contribution in [-0.2, 0) is 0 Å². The molecule has 0 aromatic rings. The number of hydrogen-bond donors (Lipinski definition) is 0. The van der Waals surface area contributed by atoms with Crippen molar-refractivity contribution in [2.45, 2.75) is 39.7 Å². The van der Waals surface area contributed by atoms with Crippen molar-refractivity contribution in [3.8, 4) is 0 Å².